The van der Waals surface area contributed by atoms with E-state index < -0.39 is 17.7 Å². The number of rotatable bonds is 3. The minimum atomic E-state index is -0.658. The number of fused-ring (bicyclic) bond motifs is 1. The standard InChI is InChI=1S/C16H19N3O4/c1-16(2,3)23-15(21)19-13-6-5-10(7-11(13)9-18-19)8-12(17)14(20)22-4/h5-7,9,17H,8H2,1-4H3. The molecule has 0 saturated heterocycles. The van der Waals surface area contributed by atoms with Gasteiger partial charge in [-0.1, -0.05) is 6.07 Å². The second kappa shape index (κ2) is 6.20. The van der Waals surface area contributed by atoms with Crippen LogP contribution in [0.5, 0.6) is 0 Å². The topological polar surface area (TPSA) is 94.3 Å². The first-order chi connectivity index (χ1) is 10.7. The summed E-state index contributed by atoms with van der Waals surface area (Å²) >= 11 is 0. The number of methoxy groups -OCH3 is 1. The van der Waals surface area contributed by atoms with Crippen molar-refractivity contribution in [3.05, 3.63) is 30.0 Å². The van der Waals surface area contributed by atoms with Crippen molar-refractivity contribution in [2.24, 2.45) is 0 Å². The summed E-state index contributed by atoms with van der Waals surface area (Å²) in [6.07, 6.45) is 1.15. The maximum Gasteiger partial charge on any atom is 0.435 e. The lowest BCUT2D eigenvalue weighted by molar-refractivity contribution is -0.132. The van der Waals surface area contributed by atoms with Gasteiger partial charge in [-0.25, -0.2) is 9.59 Å². The van der Waals surface area contributed by atoms with E-state index in [1.54, 1.807) is 45.2 Å². The normalized spacial score (nSPS) is 11.3. The number of benzene rings is 1. The Balaban J connectivity index is 2.25. The monoisotopic (exact) mass is 317 g/mol. The van der Waals surface area contributed by atoms with Crippen LogP contribution in [0.4, 0.5) is 4.79 Å². The molecule has 7 heteroatoms. The second-order valence-electron chi connectivity index (χ2n) is 6.08. The van der Waals surface area contributed by atoms with Gasteiger partial charge in [0.05, 0.1) is 18.8 Å². The van der Waals surface area contributed by atoms with E-state index in [1.165, 1.54) is 11.8 Å². The quantitative estimate of drug-likeness (QED) is 0.693. The number of hydrogen-bond donors (Lipinski definition) is 1. The largest absolute Gasteiger partial charge is 0.465 e. The molecule has 0 unspecified atom stereocenters. The van der Waals surface area contributed by atoms with Gasteiger partial charge in [-0.2, -0.15) is 9.78 Å². The molecule has 0 fully saturated rings. The van der Waals surface area contributed by atoms with E-state index >= 15 is 0 Å². The van der Waals surface area contributed by atoms with Gasteiger partial charge in [-0.3, -0.25) is 5.41 Å². The van der Waals surface area contributed by atoms with Crippen LogP contribution in [0.25, 0.3) is 10.9 Å². The van der Waals surface area contributed by atoms with Crippen molar-refractivity contribution in [1.29, 1.82) is 5.41 Å². The van der Waals surface area contributed by atoms with Crippen LogP contribution in [0.2, 0.25) is 0 Å². The molecule has 1 N–H and O–H groups in total. The molecule has 0 radical (unpaired) electrons. The number of esters is 1. The molecule has 1 aromatic carbocycles. The molecule has 0 atom stereocenters. The third-order valence-electron chi connectivity index (χ3n) is 3.01. The van der Waals surface area contributed by atoms with Crippen molar-refractivity contribution < 1.29 is 19.1 Å². The number of aromatic nitrogens is 2. The second-order valence-corrected chi connectivity index (χ2v) is 6.08. The average Bonchev–Trinajstić information content (AvgIpc) is 2.87. The van der Waals surface area contributed by atoms with Crippen LogP contribution in [0, 0.1) is 5.41 Å². The molecule has 7 nitrogen and oxygen atoms in total. The van der Waals surface area contributed by atoms with Gasteiger partial charge in [0.1, 0.15) is 11.3 Å². The molecule has 2 rings (SSSR count). The van der Waals surface area contributed by atoms with Crippen LogP contribution in [0.1, 0.15) is 26.3 Å². The first kappa shape index (κ1) is 16.7. The Hall–Kier alpha value is -2.70. The number of nitrogens with one attached hydrogen (secondary N) is 1. The Labute approximate surface area is 133 Å². The van der Waals surface area contributed by atoms with Crippen molar-refractivity contribution >= 4 is 28.7 Å². The van der Waals surface area contributed by atoms with E-state index in [9.17, 15) is 9.59 Å². The number of hydrogen-bond acceptors (Lipinski definition) is 6. The van der Waals surface area contributed by atoms with Gasteiger partial charge in [-0.05, 0) is 38.5 Å². The smallest absolute Gasteiger partial charge is 0.435 e. The number of nitrogens with zero attached hydrogens (tertiary/aromatic N) is 2. The summed E-state index contributed by atoms with van der Waals surface area (Å²) in [5, 5.41) is 12.4. The molecule has 1 heterocycles. The average molecular weight is 317 g/mol. The Kier molecular flexibility index (Phi) is 4.49. The zero-order chi connectivity index (χ0) is 17.2. The van der Waals surface area contributed by atoms with E-state index in [4.69, 9.17) is 10.1 Å². The van der Waals surface area contributed by atoms with Gasteiger partial charge in [0.2, 0.25) is 0 Å². The zero-order valence-electron chi connectivity index (χ0n) is 13.5. The number of carbonyl (C=O) groups excluding carboxylic acids is 2. The fraction of sp³-hybridized carbons (Fsp3) is 0.375. The Morgan fingerprint density at radius 2 is 2.00 bits per heavy atom. The summed E-state index contributed by atoms with van der Waals surface area (Å²) in [5.74, 6) is -0.658. The molecule has 1 aromatic heterocycles. The Morgan fingerprint density at radius 3 is 2.61 bits per heavy atom. The van der Waals surface area contributed by atoms with Crippen LogP contribution in [0.3, 0.4) is 0 Å². The fourth-order valence-electron chi connectivity index (χ4n) is 2.04. The molecule has 0 amide bonds. The fourth-order valence-corrected chi connectivity index (χ4v) is 2.04. The highest BCUT2D eigenvalue weighted by Crippen LogP contribution is 2.18. The van der Waals surface area contributed by atoms with E-state index in [0.717, 1.165) is 10.9 Å². The van der Waals surface area contributed by atoms with Crippen LogP contribution in [0.15, 0.2) is 24.4 Å². The van der Waals surface area contributed by atoms with Crippen LogP contribution in [-0.2, 0) is 20.7 Å². The molecule has 0 aliphatic rings. The SMILES string of the molecule is COC(=O)C(=N)Cc1ccc2c(cnn2C(=O)OC(C)(C)C)c1. The Bertz CT molecular complexity index is 771. The molecule has 0 bridgehead atoms. The van der Waals surface area contributed by atoms with Gasteiger partial charge in [-0.15, -0.1) is 0 Å². The van der Waals surface area contributed by atoms with E-state index in [1.807, 2.05) is 0 Å². The van der Waals surface area contributed by atoms with Gasteiger partial charge >= 0.3 is 12.1 Å². The molecule has 2 aromatic rings. The van der Waals surface area contributed by atoms with Gasteiger partial charge in [0.25, 0.3) is 0 Å². The van der Waals surface area contributed by atoms with Gasteiger partial charge < -0.3 is 9.47 Å². The highest BCUT2D eigenvalue weighted by atomic mass is 16.6. The number of ether oxygens (including phenoxy) is 2. The highest BCUT2D eigenvalue weighted by Gasteiger charge is 2.20. The molecule has 0 saturated carbocycles. The van der Waals surface area contributed by atoms with E-state index in [-0.39, 0.29) is 12.1 Å². The molecular weight excluding hydrogens is 298 g/mol. The number of carbonyl (C=O) groups is 2. The predicted molar refractivity (Wildman–Crippen MR) is 84.8 cm³/mol. The predicted octanol–water partition coefficient (Wildman–Crippen LogP) is 2.55. The first-order valence-electron chi connectivity index (χ1n) is 7.07. The van der Waals surface area contributed by atoms with E-state index in [2.05, 4.69) is 9.84 Å². The summed E-state index contributed by atoms with van der Waals surface area (Å²) < 4.78 is 11.0. The minimum absolute atomic E-state index is 0.133. The lowest BCUT2D eigenvalue weighted by Gasteiger charge is -2.19. The van der Waals surface area contributed by atoms with Crippen molar-refractivity contribution in [2.45, 2.75) is 32.8 Å². The summed E-state index contributed by atoms with van der Waals surface area (Å²) in [5.41, 5.74) is 0.626. The van der Waals surface area contributed by atoms with Crippen LogP contribution < -0.4 is 0 Å². The lowest BCUT2D eigenvalue weighted by Crippen LogP contribution is -2.27. The molecule has 0 spiro atoms. The Morgan fingerprint density at radius 1 is 1.30 bits per heavy atom. The van der Waals surface area contributed by atoms with Crippen LogP contribution >= 0.6 is 0 Å². The van der Waals surface area contributed by atoms with Crippen molar-refractivity contribution in [1.82, 2.24) is 9.78 Å². The first-order valence-corrected chi connectivity index (χ1v) is 7.07. The molecular formula is C16H19N3O4. The van der Waals surface area contributed by atoms with E-state index in [0.29, 0.717) is 5.52 Å². The van der Waals surface area contributed by atoms with Crippen LogP contribution in [-0.4, -0.2) is 40.3 Å². The third kappa shape index (κ3) is 3.94. The molecule has 0 aliphatic carbocycles. The summed E-state index contributed by atoms with van der Waals surface area (Å²) in [6, 6.07) is 5.23. The molecule has 0 aliphatic heterocycles. The maximum absolute atomic E-state index is 12.1. The van der Waals surface area contributed by atoms with Gasteiger partial charge in [0, 0.05) is 11.8 Å². The van der Waals surface area contributed by atoms with Crippen molar-refractivity contribution in [2.75, 3.05) is 7.11 Å². The third-order valence-corrected chi connectivity index (χ3v) is 3.01. The molecule has 23 heavy (non-hydrogen) atoms. The minimum Gasteiger partial charge on any atom is -0.465 e. The highest BCUT2D eigenvalue weighted by molar-refractivity contribution is 6.35. The maximum atomic E-state index is 12.1. The lowest BCUT2D eigenvalue weighted by atomic mass is 10.1. The van der Waals surface area contributed by atoms with Crippen molar-refractivity contribution in [3.8, 4) is 0 Å². The molecule has 122 valence electrons. The van der Waals surface area contributed by atoms with Gasteiger partial charge in [0.15, 0.2) is 0 Å². The summed E-state index contributed by atoms with van der Waals surface area (Å²) in [7, 11) is 1.24. The summed E-state index contributed by atoms with van der Waals surface area (Å²) in [6.45, 7) is 5.35. The van der Waals surface area contributed by atoms with Crippen molar-refractivity contribution in [3.63, 3.8) is 0 Å². The zero-order valence-corrected chi connectivity index (χ0v) is 13.5. The summed E-state index contributed by atoms with van der Waals surface area (Å²) in [4.78, 5) is 23.4.